The van der Waals surface area contributed by atoms with Gasteiger partial charge in [0, 0.05) is 17.5 Å². The molecule has 1 atom stereocenters. The molecule has 1 amide bonds. The molecule has 1 aliphatic heterocycles. The number of aliphatic carboxylic acids is 1. The molecule has 1 aliphatic rings. The lowest BCUT2D eigenvalue weighted by molar-refractivity contribution is -0.144. The first-order valence-electron chi connectivity index (χ1n) is 5.53. The number of carboxylic acid groups (broad SMARTS) is 1. The van der Waals surface area contributed by atoms with Crippen LogP contribution in [0.4, 0.5) is 0 Å². The maximum Gasteiger partial charge on any atom is 0.331 e. The Balaban J connectivity index is 2.22. The Labute approximate surface area is 123 Å². The highest BCUT2D eigenvalue weighted by Crippen LogP contribution is 2.24. The van der Waals surface area contributed by atoms with E-state index in [1.54, 1.807) is 12.1 Å². The van der Waals surface area contributed by atoms with Gasteiger partial charge in [0.05, 0.1) is 17.2 Å². The van der Waals surface area contributed by atoms with Crippen LogP contribution in [0, 0.1) is 0 Å². The normalized spacial score (nSPS) is 22.2. The Morgan fingerprint density at radius 2 is 2.21 bits per heavy atom. The van der Waals surface area contributed by atoms with Crippen molar-refractivity contribution in [3.63, 3.8) is 0 Å². The first-order valence-corrected chi connectivity index (χ1v) is 6.70. The van der Waals surface area contributed by atoms with E-state index in [0.717, 1.165) is 4.47 Å². The average molecular weight is 349 g/mol. The van der Waals surface area contributed by atoms with Gasteiger partial charge < -0.3 is 15.2 Å². The van der Waals surface area contributed by atoms with Crippen molar-refractivity contribution in [3.05, 3.63) is 33.3 Å². The van der Waals surface area contributed by atoms with E-state index in [4.69, 9.17) is 16.3 Å². The molecular formula is C12H11BrClNO4. The van der Waals surface area contributed by atoms with Gasteiger partial charge in [-0.2, -0.15) is 0 Å². The van der Waals surface area contributed by atoms with Crippen molar-refractivity contribution < 1.29 is 19.4 Å². The van der Waals surface area contributed by atoms with Crippen molar-refractivity contribution in [3.8, 4) is 0 Å². The Hall–Kier alpha value is -1.11. The van der Waals surface area contributed by atoms with E-state index in [1.165, 1.54) is 6.07 Å². The van der Waals surface area contributed by atoms with Gasteiger partial charge in [-0.1, -0.05) is 27.5 Å². The number of amides is 1. The van der Waals surface area contributed by atoms with E-state index in [0.29, 0.717) is 6.61 Å². The van der Waals surface area contributed by atoms with E-state index < -0.39 is 17.4 Å². The highest BCUT2D eigenvalue weighted by atomic mass is 79.9. The third kappa shape index (κ3) is 2.91. The molecule has 7 heteroatoms. The molecule has 1 heterocycles. The summed E-state index contributed by atoms with van der Waals surface area (Å²) in [6.07, 6.45) is 0.238. The molecule has 1 aromatic rings. The number of benzene rings is 1. The summed E-state index contributed by atoms with van der Waals surface area (Å²) < 4.78 is 5.81. The Morgan fingerprint density at radius 1 is 1.47 bits per heavy atom. The molecule has 1 unspecified atom stereocenters. The highest BCUT2D eigenvalue weighted by molar-refractivity contribution is 9.10. The van der Waals surface area contributed by atoms with Gasteiger partial charge >= 0.3 is 5.97 Å². The summed E-state index contributed by atoms with van der Waals surface area (Å²) in [5, 5.41) is 12.0. The van der Waals surface area contributed by atoms with E-state index in [9.17, 15) is 14.7 Å². The quantitative estimate of drug-likeness (QED) is 0.877. The second kappa shape index (κ2) is 5.48. The maximum absolute atomic E-state index is 12.1. The van der Waals surface area contributed by atoms with Gasteiger partial charge in [0.2, 0.25) is 0 Å². The summed E-state index contributed by atoms with van der Waals surface area (Å²) in [6, 6.07) is 4.78. The van der Waals surface area contributed by atoms with Crippen molar-refractivity contribution >= 4 is 39.4 Å². The van der Waals surface area contributed by atoms with E-state index in [2.05, 4.69) is 21.2 Å². The van der Waals surface area contributed by atoms with Gasteiger partial charge in [0.15, 0.2) is 5.54 Å². The Morgan fingerprint density at radius 3 is 2.74 bits per heavy atom. The average Bonchev–Trinajstić information content (AvgIpc) is 2.78. The summed E-state index contributed by atoms with van der Waals surface area (Å²) in [7, 11) is 0. The van der Waals surface area contributed by atoms with Gasteiger partial charge in [0.25, 0.3) is 5.91 Å². The van der Waals surface area contributed by atoms with Crippen LogP contribution in [0.5, 0.6) is 0 Å². The molecule has 1 saturated heterocycles. The first kappa shape index (κ1) is 14.3. The topological polar surface area (TPSA) is 75.6 Å². The molecule has 0 bridgehead atoms. The number of carbonyl (C=O) groups excluding carboxylic acids is 1. The van der Waals surface area contributed by atoms with Crippen molar-refractivity contribution in [2.45, 2.75) is 12.0 Å². The third-order valence-electron chi connectivity index (χ3n) is 2.96. The van der Waals surface area contributed by atoms with Gasteiger partial charge in [-0.3, -0.25) is 4.79 Å². The molecule has 0 radical (unpaired) electrons. The van der Waals surface area contributed by atoms with Gasteiger partial charge in [-0.05, 0) is 18.2 Å². The monoisotopic (exact) mass is 347 g/mol. The maximum atomic E-state index is 12.1. The Kier molecular flexibility index (Phi) is 4.13. The zero-order valence-electron chi connectivity index (χ0n) is 9.78. The van der Waals surface area contributed by atoms with Crippen LogP contribution in [0.2, 0.25) is 5.02 Å². The van der Waals surface area contributed by atoms with Crippen LogP contribution in [0.15, 0.2) is 22.7 Å². The molecule has 0 saturated carbocycles. The van der Waals surface area contributed by atoms with E-state index in [-0.39, 0.29) is 23.6 Å². The predicted octanol–water partition coefficient (Wildman–Crippen LogP) is 2.08. The van der Waals surface area contributed by atoms with Crippen LogP contribution in [-0.2, 0) is 9.53 Å². The smallest absolute Gasteiger partial charge is 0.331 e. The number of hydrogen-bond acceptors (Lipinski definition) is 3. The molecule has 1 fully saturated rings. The fraction of sp³-hybridized carbons (Fsp3) is 0.333. The highest BCUT2D eigenvalue weighted by Gasteiger charge is 2.44. The number of carboxylic acids is 1. The second-order valence-corrected chi connectivity index (χ2v) is 5.59. The lowest BCUT2D eigenvalue weighted by Gasteiger charge is -2.23. The molecule has 0 aromatic heterocycles. The minimum absolute atomic E-state index is 0.0395. The van der Waals surface area contributed by atoms with Crippen LogP contribution in [0.25, 0.3) is 0 Å². The molecule has 0 aliphatic carbocycles. The largest absolute Gasteiger partial charge is 0.479 e. The van der Waals surface area contributed by atoms with Gasteiger partial charge in [-0.25, -0.2) is 4.79 Å². The predicted molar refractivity (Wildman–Crippen MR) is 72.4 cm³/mol. The Bertz CT molecular complexity index is 528. The van der Waals surface area contributed by atoms with Gasteiger partial charge in [0.1, 0.15) is 0 Å². The summed E-state index contributed by atoms with van der Waals surface area (Å²) in [6.45, 7) is 0.267. The van der Waals surface area contributed by atoms with Crippen molar-refractivity contribution in [1.29, 1.82) is 0 Å². The lowest BCUT2D eigenvalue weighted by Crippen LogP contribution is -2.55. The van der Waals surface area contributed by atoms with Crippen molar-refractivity contribution in [2.24, 2.45) is 0 Å². The number of halogens is 2. The number of nitrogens with one attached hydrogen (secondary N) is 1. The van der Waals surface area contributed by atoms with E-state index in [1.807, 2.05) is 0 Å². The molecule has 5 nitrogen and oxygen atoms in total. The molecule has 0 spiro atoms. The van der Waals surface area contributed by atoms with Crippen LogP contribution in [-0.4, -0.2) is 35.7 Å². The lowest BCUT2D eigenvalue weighted by atomic mass is 9.98. The third-order valence-corrected chi connectivity index (χ3v) is 3.77. The molecule has 1 aromatic carbocycles. The van der Waals surface area contributed by atoms with Crippen LogP contribution >= 0.6 is 27.5 Å². The first-order chi connectivity index (χ1) is 8.94. The zero-order valence-corrected chi connectivity index (χ0v) is 12.1. The summed E-state index contributed by atoms with van der Waals surface area (Å²) in [5.74, 6) is -1.63. The van der Waals surface area contributed by atoms with Gasteiger partial charge in [-0.15, -0.1) is 0 Å². The van der Waals surface area contributed by atoms with Crippen molar-refractivity contribution in [2.75, 3.05) is 13.2 Å². The van der Waals surface area contributed by atoms with Crippen LogP contribution < -0.4 is 5.32 Å². The molecule has 2 N–H and O–H groups in total. The second-order valence-electron chi connectivity index (χ2n) is 4.27. The fourth-order valence-corrected chi connectivity index (χ4v) is 2.60. The molecule has 2 rings (SSSR count). The van der Waals surface area contributed by atoms with Crippen molar-refractivity contribution in [1.82, 2.24) is 5.32 Å². The number of rotatable bonds is 3. The standard InChI is InChI=1S/C12H11BrClNO4/c13-7-1-2-8(9(14)5-7)10(16)15-12(11(17)18)3-4-19-6-12/h1-2,5H,3-4,6H2,(H,15,16)(H,17,18). The number of carbonyl (C=O) groups is 2. The molecular weight excluding hydrogens is 337 g/mol. The minimum Gasteiger partial charge on any atom is -0.479 e. The SMILES string of the molecule is O=C(NC1(C(=O)O)CCOC1)c1ccc(Br)cc1Cl. The fourth-order valence-electron chi connectivity index (χ4n) is 1.84. The zero-order chi connectivity index (χ0) is 14.0. The summed E-state index contributed by atoms with van der Waals surface area (Å²) in [4.78, 5) is 23.4. The van der Waals surface area contributed by atoms with Crippen LogP contribution in [0.1, 0.15) is 16.8 Å². The molecule has 102 valence electrons. The summed E-state index contributed by atoms with van der Waals surface area (Å²) >= 11 is 9.20. The number of ether oxygens (including phenoxy) is 1. The molecule has 19 heavy (non-hydrogen) atoms. The minimum atomic E-state index is -1.37. The number of hydrogen-bond donors (Lipinski definition) is 2. The van der Waals surface area contributed by atoms with E-state index >= 15 is 0 Å². The van der Waals surface area contributed by atoms with Crippen LogP contribution in [0.3, 0.4) is 0 Å². The summed E-state index contributed by atoms with van der Waals surface area (Å²) in [5.41, 5.74) is -1.13.